The second-order valence-electron chi connectivity index (χ2n) is 4.62. The van der Waals surface area contributed by atoms with Gasteiger partial charge in [-0.2, -0.15) is 0 Å². The molecule has 0 aliphatic heterocycles. The molecule has 0 aliphatic rings. The average molecular weight is 271 g/mol. The van der Waals surface area contributed by atoms with Crippen molar-refractivity contribution in [1.82, 2.24) is 0 Å². The Morgan fingerprint density at radius 2 is 1.80 bits per heavy atom. The molecule has 2 N–H and O–H groups in total. The summed E-state index contributed by atoms with van der Waals surface area (Å²) in [6, 6.07) is 10.8. The van der Waals surface area contributed by atoms with Crippen molar-refractivity contribution in [3.63, 3.8) is 0 Å². The van der Waals surface area contributed by atoms with Crippen LogP contribution in [-0.4, -0.2) is 13.1 Å². The third kappa shape index (κ3) is 2.91. The van der Waals surface area contributed by atoms with Crippen LogP contribution < -0.4 is 10.5 Å². The number of ether oxygens (including phenoxy) is 2. The minimum atomic E-state index is -0.474. The molecule has 4 heteroatoms. The van der Waals surface area contributed by atoms with Gasteiger partial charge in [-0.3, -0.25) is 0 Å². The zero-order valence-corrected chi connectivity index (χ0v) is 11.8. The van der Waals surface area contributed by atoms with E-state index in [-0.39, 0.29) is 0 Å². The number of esters is 1. The second-order valence-corrected chi connectivity index (χ2v) is 4.62. The highest BCUT2D eigenvalue weighted by Gasteiger charge is 2.15. The van der Waals surface area contributed by atoms with Gasteiger partial charge in [0.05, 0.1) is 7.11 Å². The van der Waals surface area contributed by atoms with E-state index in [4.69, 9.17) is 15.2 Å². The van der Waals surface area contributed by atoms with Gasteiger partial charge in [-0.25, -0.2) is 4.79 Å². The first-order valence-electron chi connectivity index (χ1n) is 6.24. The van der Waals surface area contributed by atoms with Gasteiger partial charge in [0, 0.05) is 5.69 Å². The van der Waals surface area contributed by atoms with Crippen LogP contribution >= 0.6 is 0 Å². The van der Waals surface area contributed by atoms with E-state index >= 15 is 0 Å². The Morgan fingerprint density at radius 1 is 1.05 bits per heavy atom. The van der Waals surface area contributed by atoms with E-state index in [0.717, 1.165) is 11.1 Å². The first-order chi connectivity index (χ1) is 9.51. The molecule has 0 aromatic heterocycles. The molecular weight excluding hydrogens is 254 g/mol. The third-order valence-corrected chi connectivity index (χ3v) is 2.97. The summed E-state index contributed by atoms with van der Waals surface area (Å²) in [5.41, 5.74) is 8.58. The number of aryl methyl sites for hydroxylation is 2. The van der Waals surface area contributed by atoms with Crippen LogP contribution in [0.3, 0.4) is 0 Å². The van der Waals surface area contributed by atoms with Crippen LogP contribution in [0, 0.1) is 13.8 Å². The van der Waals surface area contributed by atoms with E-state index in [1.165, 1.54) is 7.11 Å². The number of benzene rings is 2. The van der Waals surface area contributed by atoms with Crippen molar-refractivity contribution in [2.75, 3.05) is 12.8 Å². The number of hydrogen-bond acceptors (Lipinski definition) is 4. The molecular formula is C16H17NO3. The fraction of sp³-hybridized carbons (Fsp3) is 0.188. The number of carbonyl (C=O) groups is 1. The van der Waals surface area contributed by atoms with Crippen LogP contribution in [0.2, 0.25) is 0 Å². The first-order valence-corrected chi connectivity index (χ1v) is 6.24. The molecule has 0 bridgehead atoms. The van der Waals surface area contributed by atoms with Crippen molar-refractivity contribution < 1.29 is 14.3 Å². The molecule has 0 saturated heterocycles. The van der Waals surface area contributed by atoms with Gasteiger partial charge in [-0.1, -0.05) is 12.1 Å². The summed E-state index contributed by atoms with van der Waals surface area (Å²) in [7, 11) is 1.33. The molecule has 20 heavy (non-hydrogen) atoms. The van der Waals surface area contributed by atoms with E-state index in [9.17, 15) is 4.79 Å². The van der Waals surface area contributed by atoms with Crippen LogP contribution in [-0.2, 0) is 4.74 Å². The molecule has 0 radical (unpaired) electrons. The summed E-state index contributed by atoms with van der Waals surface area (Å²) in [5.74, 6) is 0.664. The molecule has 0 heterocycles. The summed E-state index contributed by atoms with van der Waals surface area (Å²) in [6.07, 6.45) is 0. The maximum absolute atomic E-state index is 11.8. The SMILES string of the molecule is COC(=O)c1cc(N)ccc1Oc1cc(C)ccc1C. The Kier molecular flexibility index (Phi) is 3.94. The van der Waals surface area contributed by atoms with Gasteiger partial charge < -0.3 is 15.2 Å². The molecule has 0 amide bonds. The Balaban J connectivity index is 2.43. The predicted molar refractivity (Wildman–Crippen MR) is 78.2 cm³/mol. The lowest BCUT2D eigenvalue weighted by atomic mass is 10.1. The van der Waals surface area contributed by atoms with E-state index in [1.54, 1.807) is 18.2 Å². The topological polar surface area (TPSA) is 61.5 Å². The minimum absolute atomic E-state index is 0.313. The van der Waals surface area contributed by atoms with E-state index in [2.05, 4.69) is 0 Å². The lowest BCUT2D eigenvalue weighted by Gasteiger charge is -2.13. The van der Waals surface area contributed by atoms with E-state index in [0.29, 0.717) is 22.7 Å². The molecule has 2 aromatic rings. The lowest BCUT2D eigenvalue weighted by Crippen LogP contribution is -2.05. The summed E-state index contributed by atoms with van der Waals surface area (Å²) in [5, 5.41) is 0. The molecule has 0 fully saturated rings. The molecule has 4 nitrogen and oxygen atoms in total. The van der Waals surface area contributed by atoms with Crippen LogP contribution in [0.15, 0.2) is 36.4 Å². The highest BCUT2D eigenvalue weighted by atomic mass is 16.5. The summed E-state index contributed by atoms with van der Waals surface area (Å²) in [6.45, 7) is 3.93. The maximum atomic E-state index is 11.8. The van der Waals surface area contributed by atoms with Crippen molar-refractivity contribution in [1.29, 1.82) is 0 Å². The molecule has 104 valence electrons. The summed E-state index contributed by atoms with van der Waals surface area (Å²) < 4.78 is 10.6. The zero-order chi connectivity index (χ0) is 14.7. The van der Waals surface area contributed by atoms with Crippen molar-refractivity contribution in [2.45, 2.75) is 13.8 Å². The van der Waals surface area contributed by atoms with Gasteiger partial charge in [0.25, 0.3) is 0 Å². The number of hydrogen-bond donors (Lipinski definition) is 1. The highest BCUT2D eigenvalue weighted by molar-refractivity contribution is 5.93. The van der Waals surface area contributed by atoms with Gasteiger partial charge in [-0.15, -0.1) is 0 Å². The number of methoxy groups -OCH3 is 1. The fourth-order valence-corrected chi connectivity index (χ4v) is 1.84. The predicted octanol–water partition coefficient (Wildman–Crippen LogP) is 3.46. The van der Waals surface area contributed by atoms with Gasteiger partial charge >= 0.3 is 5.97 Å². The van der Waals surface area contributed by atoms with Crippen LogP contribution in [0.5, 0.6) is 11.5 Å². The summed E-state index contributed by atoms with van der Waals surface area (Å²) >= 11 is 0. The van der Waals surface area contributed by atoms with Gasteiger partial charge in [-0.05, 0) is 49.2 Å². The van der Waals surface area contributed by atoms with Crippen molar-refractivity contribution in [2.24, 2.45) is 0 Å². The number of nitrogens with two attached hydrogens (primary N) is 1. The Bertz CT molecular complexity index is 650. The van der Waals surface area contributed by atoms with E-state index in [1.807, 2.05) is 32.0 Å². The largest absolute Gasteiger partial charge is 0.465 e. The first kappa shape index (κ1) is 13.9. The van der Waals surface area contributed by atoms with Crippen molar-refractivity contribution in [3.05, 3.63) is 53.1 Å². The monoisotopic (exact) mass is 271 g/mol. The van der Waals surface area contributed by atoms with Gasteiger partial charge in [0.15, 0.2) is 0 Å². The van der Waals surface area contributed by atoms with Gasteiger partial charge in [0.1, 0.15) is 17.1 Å². The number of rotatable bonds is 3. The minimum Gasteiger partial charge on any atom is -0.465 e. The zero-order valence-electron chi connectivity index (χ0n) is 11.8. The molecule has 0 atom stereocenters. The van der Waals surface area contributed by atoms with Crippen LogP contribution in [0.1, 0.15) is 21.5 Å². The summed E-state index contributed by atoms with van der Waals surface area (Å²) in [4.78, 5) is 11.8. The smallest absolute Gasteiger partial charge is 0.341 e. The fourth-order valence-electron chi connectivity index (χ4n) is 1.84. The Labute approximate surface area is 118 Å². The molecule has 0 aliphatic carbocycles. The molecule has 2 rings (SSSR count). The molecule has 0 unspecified atom stereocenters. The van der Waals surface area contributed by atoms with Crippen molar-refractivity contribution >= 4 is 11.7 Å². The van der Waals surface area contributed by atoms with E-state index < -0.39 is 5.97 Å². The molecule has 0 spiro atoms. The molecule has 2 aromatic carbocycles. The van der Waals surface area contributed by atoms with Crippen LogP contribution in [0.25, 0.3) is 0 Å². The second kappa shape index (κ2) is 5.65. The van der Waals surface area contributed by atoms with Crippen LogP contribution in [0.4, 0.5) is 5.69 Å². The quantitative estimate of drug-likeness (QED) is 0.686. The number of anilines is 1. The maximum Gasteiger partial charge on any atom is 0.341 e. The lowest BCUT2D eigenvalue weighted by molar-refractivity contribution is 0.0598. The average Bonchev–Trinajstić information content (AvgIpc) is 2.43. The van der Waals surface area contributed by atoms with Gasteiger partial charge in [0.2, 0.25) is 0 Å². The van der Waals surface area contributed by atoms with Crippen molar-refractivity contribution in [3.8, 4) is 11.5 Å². The highest BCUT2D eigenvalue weighted by Crippen LogP contribution is 2.30. The standard InChI is InChI=1S/C16H17NO3/c1-10-4-5-11(2)15(8-10)20-14-7-6-12(17)9-13(14)16(18)19-3/h4-9H,17H2,1-3H3. The normalized spacial score (nSPS) is 10.2. The Hall–Kier alpha value is -2.49. The Morgan fingerprint density at radius 3 is 2.50 bits per heavy atom. The molecule has 0 saturated carbocycles. The third-order valence-electron chi connectivity index (χ3n) is 2.97. The number of nitrogen functional groups attached to an aromatic ring is 1. The number of carbonyl (C=O) groups excluding carboxylic acids is 1.